The Bertz CT molecular complexity index is 413. The minimum atomic E-state index is -4.45. The van der Waals surface area contributed by atoms with E-state index < -0.39 is 23.8 Å². The first-order valence-corrected chi connectivity index (χ1v) is 4.65. The van der Waals surface area contributed by atoms with Crippen molar-refractivity contribution in [2.24, 2.45) is 5.92 Å². The summed E-state index contributed by atoms with van der Waals surface area (Å²) >= 11 is 0. The van der Waals surface area contributed by atoms with Crippen LogP contribution in [0.5, 0.6) is 0 Å². The average Bonchev–Trinajstić information content (AvgIpc) is 2.96. The van der Waals surface area contributed by atoms with Crippen LogP contribution in [0.4, 0.5) is 13.2 Å². The van der Waals surface area contributed by atoms with E-state index in [9.17, 15) is 18.0 Å². The molecular formula is C10H8F3NO2. The molecule has 0 aromatic carbocycles. The summed E-state index contributed by atoms with van der Waals surface area (Å²) in [7, 11) is 0. The maximum Gasteiger partial charge on any atom is 0.433 e. The van der Waals surface area contributed by atoms with Gasteiger partial charge in [-0.1, -0.05) is 6.07 Å². The molecule has 1 heterocycles. The summed E-state index contributed by atoms with van der Waals surface area (Å²) in [5.74, 6) is -1.57. The van der Waals surface area contributed by atoms with E-state index >= 15 is 0 Å². The molecule has 1 aliphatic carbocycles. The zero-order valence-electron chi connectivity index (χ0n) is 8.03. The van der Waals surface area contributed by atoms with E-state index in [4.69, 9.17) is 5.11 Å². The molecule has 1 aliphatic rings. The molecule has 1 fully saturated rings. The second kappa shape index (κ2) is 3.47. The lowest BCUT2D eigenvalue weighted by Crippen LogP contribution is -2.07. The van der Waals surface area contributed by atoms with Gasteiger partial charge in [0.15, 0.2) is 0 Å². The highest BCUT2D eigenvalue weighted by Crippen LogP contribution is 2.47. The molecule has 0 aliphatic heterocycles. The van der Waals surface area contributed by atoms with Crippen molar-refractivity contribution in [1.29, 1.82) is 0 Å². The lowest BCUT2D eigenvalue weighted by molar-refractivity contribution is -0.141. The van der Waals surface area contributed by atoms with Crippen LogP contribution in [0.3, 0.4) is 0 Å². The predicted molar refractivity (Wildman–Crippen MR) is 47.7 cm³/mol. The molecule has 1 unspecified atom stereocenters. The Labute approximate surface area is 88.9 Å². The number of rotatable bonds is 2. The molecule has 0 spiro atoms. The van der Waals surface area contributed by atoms with Crippen molar-refractivity contribution in [2.45, 2.75) is 18.5 Å². The molecular weight excluding hydrogens is 223 g/mol. The molecule has 16 heavy (non-hydrogen) atoms. The summed E-state index contributed by atoms with van der Waals surface area (Å²) in [6.07, 6.45) is -2.87. The van der Waals surface area contributed by atoms with Crippen molar-refractivity contribution >= 4 is 5.97 Å². The normalized spacial score (nSPS) is 24.2. The summed E-state index contributed by atoms with van der Waals surface area (Å²) in [5.41, 5.74) is -0.399. The van der Waals surface area contributed by atoms with Gasteiger partial charge in [0.2, 0.25) is 0 Å². The van der Waals surface area contributed by atoms with E-state index in [2.05, 4.69) is 4.98 Å². The van der Waals surface area contributed by atoms with Crippen molar-refractivity contribution < 1.29 is 23.1 Å². The number of aliphatic carboxylic acids is 1. The highest BCUT2D eigenvalue weighted by molar-refractivity contribution is 5.75. The number of halogens is 3. The van der Waals surface area contributed by atoms with Crippen molar-refractivity contribution in [1.82, 2.24) is 4.98 Å². The van der Waals surface area contributed by atoms with Crippen LogP contribution >= 0.6 is 0 Å². The fourth-order valence-corrected chi connectivity index (χ4v) is 1.63. The van der Waals surface area contributed by atoms with E-state index in [-0.39, 0.29) is 5.92 Å². The van der Waals surface area contributed by atoms with Crippen molar-refractivity contribution in [3.8, 4) is 0 Å². The molecule has 0 bridgehead atoms. The van der Waals surface area contributed by atoms with Gasteiger partial charge in [0.1, 0.15) is 5.69 Å². The van der Waals surface area contributed by atoms with Gasteiger partial charge in [-0.25, -0.2) is 0 Å². The van der Waals surface area contributed by atoms with Crippen molar-refractivity contribution in [3.63, 3.8) is 0 Å². The summed E-state index contributed by atoms with van der Waals surface area (Å²) in [6, 6.07) is 2.18. The predicted octanol–water partition coefficient (Wildman–Crippen LogP) is 2.29. The van der Waals surface area contributed by atoms with Crippen LogP contribution in [0.2, 0.25) is 0 Å². The first-order chi connectivity index (χ1) is 7.39. The van der Waals surface area contributed by atoms with E-state index in [0.717, 1.165) is 12.3 Å². The number of alkyl halides is 3. The maximum absolute atomic E-state index is 12.2. The molecule has 0 radical (unpaired) electrons. The number of carboxylic acids is 1. The molecule has 1 aromatic rings. The highest BCUT2D eigenvalue weighted by atomic mass is 19.4. The molecule has 86 valence electrons. The average molecular weight is 231 g/mol. The van der Waals surface area contributed by atoms with E-state index in [1.807, 2.05) is 0 Å². The van der Waals surface area contributed by atoms with Crippen LogP contribution in [0.15, 0.2) is 18.3 Å². The Morgan fingerprint density at radius 2 is 2.12 bits per heavy atom. The lowest BCUT2D eigenvalue weighted by Gasteiger charge is -2.05. The minimum absolute atomic E-state index is 0.188. The zero-order valence-corrected chi connectivity index (χ0v) is 8.03. The monoisotopic (exact) mass is 231 g/mol. The van der Waals surface area contributed by atoms with Gasteiger partial charge in [-0.2, -0.15) is 13.2 Å². The third kappa shape index (κ3) is 2.00. The Hall–Kier alpha value is -1.59. The smallest absolute Gasteiger partial charge is 0.433 e. The molecule has 6 heteroatoms. The SMILES string of the molecule is O=C(O)[C@H]1CC1c1ccc(C(F)(F)F)nc1. The largest absolute Gasteiger partial charge is 0.481 e. The zero-order chi connectivity index (χ0) is 11.9. The van der Waals surface area contributed by atoms with E-state index in [1.54, 1.807) is 0 Å². The molecule has 1 N–H and O–H groups in total. The Balaban J connectivity index is 2.13. The Morgan fingerprint density at radius 1 is 1.44 bits per heavy atom. The van der Waals surface area contributed by atoms with Crippen LogP contribution in [0.25, 0.3) is 0 Å². The van der Waals surface area contributed by atoms with Gasteiger partial charge in [-0.05, 0) is 24.0 Å². The Kier molecular flexibility index (Phi) is 2.36. The van der Waals surface area contributed by atoms with Gasteiger partial charge in [0.25, 0.3) is 0 Å². The fraction of sp³-hybridized carbons (Fsp3) is 0.400. The molecule has 3 nitrogen and oxygen atoms in total. The fourth-order valence-electron chi connectivity index (χ4n) is 1.63. The molecule has 0 saturated heterocycles. The van der Waals surface area contributed by atoms with E-state index in [0.29, 0.717) is 12.0 Å². The van der Waals surface area contributed by atoms with Gasteiger partial charge >= 0.3 is 12.1 Å². The number of nitrogens with zero attached hydrogens (tertiary/aromatic N) is 1. The number of aromatic nitrogens is 1. The molecule has 1 saturated carbocycles. The molecule has 1 aromatic heterocycles. The Morgan fingerprint density at radius 3 is 2.50 bits per heavy atom. The third-order valence-corrected chi connectivity index (χ3v) is 2.61. The van der Waals surface area contributed by atoms with Crippen molar-refractivity contribution in [3.05, 3.63) is 29.6 Å². The summed E-state index contributed by atoms with van der Waals surface area (Å²) in [6.45, 7) is 0. The standard InChI is InChI=1S/C10H8F3NO2/c11-10(12,13)8-2-1-5(4-14-8)6-3-7(6)9(15)16/h1-2,4,6-7H,3H2,(H,15,16)/t6?,7-/m0/s1. The number of hydrogen-bond donors (Lipinski definition) is 1. The van der Waals surface area contributed by atoms with Gasteiger partial charge in [0.05, 0.1) is 5.92 Å². The van der Waals surface area contributed by atoms with Crippen LogP contribution in [0.1, 0.15) is 23.6 Å². The molecule has 2 atom stereocenters. The van der Waals surface area contributed by atoms with Gasteiger partial charge < -0.3 is 5.11 Å². The molecule has 0 amide bonds. The van der Waals surface area contributed by atoms with Crippen LogP contribution in [-0.4, -0.2) is 16.1 Å². The minimum Gasteiger partial charge on any atom is -0.481 e. The summed E-state index contributed by atoms with van der Waals surface area (Å²) in [5, 5.41) is 8.67. The lowest BCUT2D eigenvalue weighted by atomic mass is 10.1. The number of carboxylic acid groups (broad SMARTS) is 1. The van der Waals surface area contributed by atoms with Crippen LogP contribution in [-0.2, 0) is 11.0 Å². The van der Waals surface area contributed by atoms with Crippen molar-refractivity contribution in [2.75, 3.05) is 0 Å². The number of hydrogen-bond acceptors (Lipinski definition) is 2. The second-order valence-electron chi connectivity index (χ2n) is 3.76. The van der Waals surface area contributed by atoms with Crippen LogP contribution in [0, 0.1) is 5.92 Å². The summed E-state index contributed by atoms with van der Waals surface area (Å²) < 4.78 is 36.6. The van der Waals surface area contributed by atoms with Gasteiger partial charge in [0, 0.05) is 6.20 Å². The first-order valence-electron chi connectivity index (χ1n) is 4.65. The summed E-state index contributed by atoms with van der Waals surface area (Å²) in [4.78, 5) is 13.9. The van der Waals surface area contributed by atoms with Crippen LogP contribution < -0.4 is 0 Å². The van der Waals surface area contributed by atoms with Gasteiger partial charge in [-0.3, -0.25) is 9.78 Å². The third-order valence-electron chi connectivity index (χ3n) is 2.61. The quantitative estimate of drug-likeness (QED) is 0.849. The number of carbonyl (C=O) groups is 1. The number of pyridine rings is 1. The highest BCUT2D eigenvalue weighted by Gasteiger charge is 2.44. The topological polar surface area (TPSA) is 50.2 Å². The first kappa shape index (κ1) is 10.9. The maximum atomic E-state index is 12.2. The molecule has 2 rings (SSSR count). The van der Waals surface area contributed by atoms with E-state index in [1.165, 1.54) is 6.07 Å². The second-order valence-corrected chi connectivity index (χ2v) is 3.76. The van der Waals surface area contributed by atoms with Gasteiger partial charge in [-0.15, -0.1) is 0 Å².